The van der Waals surface area contributed by atoms with Gasteiger partial charge in [-0.05, 0) is 39.8 Å². The first-order valence-corrected chi connectivity index (χ1v) is 7.29. The van der Waals surface area contributed by atoms with Gasteiger partial charge >= 0.3 is 5.69 Å². The van der Waals surface area contributed by atoms with E-state index in [1.54, 1.807) is 0 Å². The molecule has 0 spiro atoms. The van der Waals surface area contributed by atoms with Gasteiger partial charge in [0.05, 0.1) is 0 Å². The first kappa shape index (κ1) is 15.5. The summed E-state index contributed by atoms with van der Waals surface area (Å²) in [4.78, 5) is 38.1. The van der Waals surface area contributed by atoms with E-state index in [1.807, 2.05) is 13.8 Å². The van der Waals surface area contributed by atoms with Crippen molar-refractivity contribution in [3.05, 3.63) is 21.9 Å². The summed E-state index contributed by atoms with van der Waals surface area (Å²) >= 11 is 0. The number of carbonyl (C=O) groups is 2. The number of H-pyrrole nitrogens is 1. The average molecular weight is 294 g/mol. The molecular formula is C14H22N4O3. The smallest absolute Gasteiger partial charge is 0.317 e. The molecule has 1 saturated heterocycles. The Labute approximate surface area is 123 Å². The molecule has 0 bridgehead atoms. The predicted octanol–water partition coefficient (Wildman–Crippen LogP) is -0.174. The Kier molecular flexibility index (Phi) is 4.95. The summed E-state index contributed by atoms with van der Waals surface area (Å²) in [5.41, 5.74) is 1.39. The van der Waals surface area contributed by atoms with Crippen LogP contribution >= 0.6 is 0 Å². The number of nitrogens with one attached hydrogen (secondary N) is 3. The third-order valence-electron chi connectivity index (χ3n) is 4.02. The largest absolute Gasteiger partial charge is 0.325 e. The molecule has 0 atom stereocenters. The van der Waals surface area contributed by atoms with Crippen LogP contribution in [0.2, 0.25) is 0 Å². The standard InChI is InChI=1S/C14H22N4O3/c1-9-10(2)18(14(21)16-9)8-5-12(19)17-13(20)11-3-6-15-7-4-11/h11,15H,3-8H2,1-2H3,(H,16,21)(H,17,19,20). The number of hydrogen-bond donors (Lipinski definition) is 3. The van der Waals surface area contributed by atoms with Crippen LogP contribution in [0.15, 0.2) is 4.79 Å². The van der Waals surface area contributed by atoms with E-state index in [4.69, 9.17) is 0 Å². The molecule has 7 nitrogen and oxygen atoms in total. The molecule has 1 aliphatic rings. The van der Waals surface area contributed by atoms with Crippen molar-refractivity contribution < 1.29 is 9.59 Å². The zero-order valence-corrected chi connectivity index (χ0v) is 12.5. The summed E-state index contributed by atoms with van der Waals surface area (Å²) in [5, 5.41) is 5.61. The van der Waals surface area contributed by atoms with Crippen molar-refractivity contribution in [2.45, 2.75) is 39.7 Å². The van der Waals surface area contributed by atoms with E-state index < -0.39 is 0 Å². The van der Waals surface area contributed by atoms with E-state index >= 15 is 0 Å². The first-order valence-electron chi connectivity index (χ1n) is 7.29. The Balaban J connectivity index is 1.84. The summed E-state index contributed by atoms with van der Waals surface area (Å²) < 4.78 is 1.52. The lowest BCUT2D eigenvalue weighted by molar-refractivity contribution is -0.133. The van der Waals surface area contributed by atoms with Crippen LogP contribution in [0.5, 0.6) is 0 Å². The van der Waals surface area contributed by atoms with Gasteiger partial charge < -0.3 is 10.3 Å². The van der Waals surface area contributed by atoms with E-state index in [0.29, 0.717) is 0 Å². The molecule has 7 heteroatoms. The van der Waals surface area contributed by atoms with Crippen molar-refractivity contribution in [3.63, 3.8) is 0 Å². The molecule has 0 radical (unpaired) electrons. The van der Waals surface area contributed by atoms with Gasteiger partial charge in [0.15, 0.2) is 0 Å². The van der Waals surface area contributed by atoms with Gasteiger partial charge in [0.1, 0.15) is 0 Å². The van der Waals surface area contributed by atoms with E-state index in [-0.39, 0.29) is 36.4 Å². The maximum absolute atomic E-state index is 11.9. The van der Waals surface area contributed by atoms with Crippen LogP contribution in [-0.4, -0.2) is 34.5 Å². The highest BCUT2D eigenvalue weighted by Crippen LogP contribution is 2.11. The zero-order chi connectivity index (χ0) is 15.4. The Hall–Kier alpha value is -1.89. The third-order valence-corrected chi connectivity index (χ3v) is 4.02. The van der Waals surface area contributed by atoms with Crippen LogP contribution in [0.3, 0.4) is 0 Å². The minimum Gasteiger partial charge on any atom is -0.317 e. The summed E-state index contributed by atoms with van der Waals surface area (Å²) in [6.07, 6.45) is 1.64. The Bertz CT molecular complexity index is 582. The summed E-state index contributed by atoms with van der Waals surface area (Å²) in [7, 11) is 0. The van der Waals surface area contributed by atoms with Crippen molar-refractivity contribution >= 4 is 11.8 Å². The van der Waals surface area contributed by atoms with Crippen molar-refractivity contribution in [3.8, 4) is 0 Å². The van der Waals surface area contributed by atoms with Crippen LogP contribution in [0.25, 0.3) is 0 Å². The summed E-state index contributed by atoms with van der Waals surface area (Å²) in [6.45, 7) is 5.53. The number of rotatable bonds is 4. The number of hydrogen-bond acceptors (Lipinski definition) is 4. The molecule has 2 amide bonds. The predicted molar refractivity (Wildman–Crippen MR) is 77.9 cm³/mol. The molecule has 2 heterocycles. The topological polar surface area (TPSA) is 96.0 Å². The maximum Gasteiger partial charge on any atom is 0.325 e. The Morgan fingerprint density at radius 2 is 1.95 bits per heavy atom. The third kappa shape index (κ3) is 3.81. The Morgan fingerprint density at radius 3 is 2.52 bits per heavy atom. The van der Waals surface area contributed by atoms with E-state index in [2.05, 4.69) is 15.6 Å². The molecular weight excluding hydrogens is 272 g/mol. The number of nitrogens with zero attached hydrogens (tertiary/aromatic N) is 1. The van der Waals surface area contributed by atoms with E-state index in [1.165, 1.54) is 4.57 Å². The minimum atomic E-state index is -0.330. The molecule has 0 aromatic carbocycles. The van der Waals surface area contributed by atoms with Gasteiger partial charge in [-0.25, -0.2) is 4.79 Å². The number of piperidine rings is 1. The van der Waals surface area contributed by atoms with Crippen LogP contribution < -0.4 is 16.3 Å². The highest BCUT2D eigenvalue weighted by Gasteiger charge is 2.22. The number of amides is 2. The monoisotopic (exact) mass is 294 g/mol. The number of carbonyl (C=O) groups excluding carboxylic acids is 2. The van der Waals surface area contributed by atoms with Gasteiger partial charge in [-0.15, -0.1) is 0 Å². The molecule has 0 saturated carbocycles. The lowest BCUT2D eigenvalue weighted by Crippen LogP contribution is -2.41. The molecule has 1 fully saturated rings. The molecule has 0 aliphatic carbocycles. The lowest BCUT2D eigenvalue weighted by atomic mass is 9.97. The van der Waals surface area contributed by atoms with Crippen molar-refractivity contribution in [2.24, 2.45) is 5.92 Å². The van der Waals surface area contributed by atoms with Gasteiger partial charge in [0, 0.05) is 30.3 Å². The molecule has 3 N–H and O–H groups in total. The van der Waals surface area contributed by atoms with E-state index in [9.17, 15) is 14.4 Å². The van der Waals surface area contributed by atoms with Crippen LogP contribution in [-0.2, 0) is 16.1 Å². The first-order chi connectivity index (χ1) is 9.99. The van der Waals surface area contributed by atoms with Crippen molar-refractivity contribution in [2.75, 3.05) is 13.1 Å². The Morgan fingerprint density at radius 1 is 1.29 bits per heavy atom. The number of aromatic amines is 1. The van der Waals surface area contributed by atoms with E-state index in [0.717, 1.165) is 37.3 Å². The highest BCUT2D eigenvalue weighted by atomic mass is 16.2. The fourth-order valence-corrected chi connectivity index (χ4v) is 2.54. The van der Waals surface area contributed by atoms with Gasteiger partial charge in [0.25, 0.3) is 0 Å². The molecule has 1 aromatic rings. The minimum absolute atomic E-state index is 0.0887. The SMILES string of the molecule is Cc1[nH]c(=O)n(CCC(=O)NC(=O)C2CCNCC2)c1C. The van der Waals surface area contributed by atoms with Crippen molar-refractivity contribution in [1.82, 2.24) is 20.2 Å². The second kappa shape index (κ2) is 6.71. The maximum atomic E-state index is 11.9. The van der Waals surface area contributed by atoms with Crippen LogP contribution in [0.1, 0.15) is 30.7 Å². The summed E-state index contributed by atoms with van der Waals surface area (Å²) in [6, 6.07) is 0. The van der Waals surface area contributed by atoms with Gasteiger partial charge in [-0.3, -0.25) is 19.5 Å². The number of imidazole rings is 1. The number of aromatic nitrogens is 2. The quantitative estimate of drug-likeness (QED) is 0.718. The fraction of sp³-hybridized carbons (Fsp3) is 0.643. The fourth-order valence-electron chi connectivity index (χ4n) is 2.54. The molecule has 116 valence electrons. The average Bonchev–Trinajstić information content (AvgIpc) is 2.71. The zero-order valence-electron chi connectivity index (χ0n) is 12.5. The van der Waals surface area contributed by atoms with Gasteiger partial charge in [0.2, 0.25) is 11.8 Å². The highest BCUT2D eigenvalue weighted by molar-refractivity contribution is 5.96. The second-order valence-corrected chi connectivity index (χ2v) is 5.48. The number of aryl methyl sites for hydroxylation is 1. The summed E-state index contributed by atoms with van der Waals surface area (Å²) in [5.74, 6) is -0.617. The molecule has 1 aromatic heterocycles. The van der Waals surface area contributed by atoms with Crippen LogP contribution in [0.4, 0.5) is 0 Å². The molecule has 2 rings (SSSR count). The number of imide groups is 1. The normalized spacial score (nSPS) is 15.9. The van der Waals surface area contributed by atoms with Crippen molar-refractivity contribution in [1.29, 1.82) is 0 Å². The van der Waals surface area contributed by atoms with Gasteiger partial charge in [-0.2, -0.15) is 0 Å². The molecule has 21 heavy (non-hydrogen) atoms. The van der Waals surface area contributed by atoms with Crippen LogP contribution in [0, 0.1) is 19.8 Å². The second-order valence-electron chi connectivity index (χ2n) is 5.48. The van der Waals surface area contributed by atoms with Gasteiger partial charge in [-0.1, -0.05) is 0 Å². The lowest BCUT2D eigenvalue weighted by Gasteiger charge is -2.21. The molecule has 1 aliphatic heterocycles. The molecule has 0 unspecified atom stereocenters.